The number of ketones is 1. The number of benzene rings is 2. The normalized spacial score (nSPS) is 22.3. The van der Waals surface area contributed by atoms with Gasteiger partial charge in [-0.2, -0.15) is 0 Å². The van der Waals surface area contributed by atoms with Crippen LogP contribution >= 0.6 is 43.5 Å². The van der Waals surface area contributed by atoms with Crippen LogP contribution < -0.4 is 10.6 Å². The number of carbonyl (C=O) groups excluding carboxylic acids is 1. The van der Waals surface area contributed by atoms with Crippen LogP contribution in [0.5, 0.6) is 0 Å². The monoisotopic (exact) mass is 502 g/mol. The van der Waals surface area contributed by atoms with Crippen molar-refractivity contribution in [2.45, 2.75) is 28.9 Å². The fraction of sp³-hybridized carbons (Fsp3) is 0.278. The molecule has 1 heterocycles. The first-order chi connectivity index (χ1) is 12.4. The Bertz CT molecular complexity index is 773. The van der Waals surface area contributed by atoms with Crippen LogP contribution in [-0.4, -0.2) is 28.0 Å². The lowest BCUT2D eigenvalue weighted by atomic mass is 10.0. The number of alkyl halides is 2. The van der Waals surface area contributed by atoms with E-state index < -0.39 is 17.2 Å². The zero-order chi connectivity index (χ0) is 18.8. The molecule has 0 bridgehead atoms. The van der Waals surface area contributed by atoms with Gasteiger partial charge in [0.05, 0.1) is 15.3 Å². The smallest absolute Gasteiger partial charge is 0.206 e. The summed E-state index contributed by atoms with van der Waals surface area (Å²) in [6.45, 7) is 1.98. The third-order valence-corrected chi connectivity index (χ3v) is 7.14. The largest absolute Gasteiger partial charge is 0.364 e. The number of aliphatic hydroxyl groups is 1. The van der Waals surface area contributed by atoms with Gasteiger partial charge in [0, 0.05) is 5.02 Å². The minimum Gasteiger partial charge on any atom is -0.364 e. The predicted molar refractivity (Wildman–Crippen MR) is 109 cm³/mol. The molecule has 0 saturated carbocycles. The van der Waals surface area contributed by atoms with E-state index >= 15 is 0 Å². The molecule has 8 heteroatoms. The number of nitrogens with zero attached hydrogens (tertiary/aromatic N) is 1. The van der Waals surface area contributed by atoms with Crippen molar-refractivity contribution in [1.29, 1.82) is 0 Å². The maximum Gasteiger partial charge on any atom is 0.206 e. The van der Waals surface area contributed by atoms with Gasteiger partial charge in [-0.15, -0.1) is 5.59 Å². The Kier molecular flexibility index (Phi) is 6.37. The van der Waals surface area contributed by atoms with Crippen LogP contribution in [0.1, 0.15) is 16.0 Å². The Morgan fingerprint density at radius 3 is 2.42 bits per heavy atom. The third kappa shape index (κ3) is 4.13. The topological polar surface area (TPSA) is 61.8 Å². The van der Waals surface area contributed by atoms with Gasteiger partial charge in [-0.05, 0) is 36.8 Å². The van der Waals surface area contributed by atoms with Crippen LogP contribution in [0, 0.1) is 6.92 Å². The van der Waals surface area contributed by atoms with Gasteiger partial charge in [0.2, 0.25) is 6.29 Å². The Balaban J connectivity index is 1.81. The van der Waals surface area contributed by atoms with Crippen LogP contribution in [0.4, 0.5) is 5.69 Å². The van der Waals surface area contributed by atoms with Crippen LogP contribution in [0.25, 0.3) is 0 Å². The summed E-state index contributed by atoms with van der Waals surface area (Å²) in [7, 11) is 0. The second-order valence-corrected chi connectivity index (χ2v) is 8.42. The molecule has 5 nitrogen and oxygen atoms in total. The van der Waals surface area contributed by atoms with Crippen LogP contribution in [0.2, 0.25) is 5.02 Å². The van der Waals surface area contributed by atoms with Crippen LogP contribution in [0.3, 0.4) is 0 Å². The van der Waals surface area contributed by atoms with E-state index in [2.05, 4.69) is 37.4 Å². The van der Waals surface area contributed by atoms with Gasteiger partial charge in [0.25, 0.3) is 0 Å². The second-order valence-electron chi connectivity index (χ2n) is 6.01. The average Bonchev–Trinajstić information content (AvgIpc) is 3.02. The number of nitrogens with one attached hydrogen (secondary N) is 1. The summed E-state index contributed by atoms with van der Waals surface area (Å²) in [5.74, 6) is -0.222. The van der Waals surface area contributed by atoms with Gasteiger partial charge in [-0.1, -0.05) is 73.3 Å². The lowest BCUT2D eigenvalue weighted by molar-refractivity contribution is -0.133. The number of rotatable bonds is 5. The number of hydrogen-bond donors (Lipinski definition) is 2. The quantitative estimate of drug-likeness (QED) is 0.602. The Morgan fingerprint density at radius 1 is 1.19 bits per heavy atom. The molecule has 4 unspecified atom stereocenters. The minimum absolute atomic E-state index is 0.222. The highest BCUT2D eigenvalue weighted by Gasteiger charge is 2.44. The summed E-state index contributed by atoms with van der Waals surface area (Å²) in [6, 6.07) is 13.9. The lowest BCUT2D eigenvalue weighted by Crippen LogP contribution is -2.48. The number of hydrazine groups is 1. The number of anilines is 1. The molecule has 1 fully saturated rings. The highest BCUT2D eigenvalue weighted by molar-refractivity contribution is 9.12. The van der Waals surface area contributed by atoms with Crippen molar-refractivity contribution in [2.75, 3.05) is 5.01 Å². The summed E-state index contributed by atoms with van der Waals surface area (Å²) in [5.41, 5.74) is 5.34. The summed E-state index contributed by atoms with van der Waals surface area (Å²) < 4.78 is 0. The fourth-order valence-electron chi connectivity index (χ4n) is 2.67. The van der Waals surface area contributed by atoms with Crippen molar-refractivity contribution < 1.29 is 14.7 Å². The molecule has 4 atom stereocenters. The molecule has 2 aromatic carbocycles. The first-order valence-corrected chi connectivity index (χ1v) is 10.1. The van der Waals surface area contributed by atoms with Crippen molar-refractivity contribution in [3.63, 3.8) is 0 Å². The van der Waals surface area contributed by atoms with E-state index in [1.807, 2.05) is 43.3 Å². The number of aryl methyl sites for hydroxylation is 1. The number of hydrogen-bond acceptors (Lipinski definition) is 5. The molecular weight excluding hydrogens is 487 g/mol. The summed E-state index contributed by atoms with van der Waals surface area (Å²) in [5, 5.41) is 12.3. The van der Waals surface area contributed by atoms with Crippen LogP contribution in [-0.2, 0) is 9.63 Å². The van der Waals surface area contributed by atoms with Crippen molar-refractivity contribution in [3.05, 3.63) is 64.7 Å². The van der Waals surface area contributed by atoms with E-state index in [-0.39, 0.29) is 10.6 Å². The van der Waals surface area contributed by atoms with E-state index in [1.54, 1.807) is 12.1 Å². The number of halogens is 3. The van der Waals surface area contributed by atoms with Crippen molar-refractivity contribution in [3.8, 4) is 0 Å². The second kappa shape index (κ2) is 8.37. The van der Waals surface area contributed by atoms with E-state index in [9.17, 15) is 9.90 Å². The SMILES string of the molecule is Cc1ccc(N2NOC(O)C2C(=O)C(Br)C(Br)c2ccc(Cl)cc2)cc1. The number of aliphatic hydroxyl groups excluding tert-OH is 1. The molecule has 2 N–H and O–H groups in total. The van der Waals surface area contributed by atoms with Crippen molar-refractivity contribution in [2.24, 2.45) is 0 Å². The molecule has 2 aromatic rings. The Labute approximate surface area is 173 Å². The average molecular weight is 505 g/mol. The van der Waals surface area contributed by atoms with Crippen molar-refractivity contribution in [1.82, 2.24) is 5.59 Å². The summed E-state index contributed by atoms with van der Waals surface area (Å²) in [4.78, 5) is 17.3. The van der Waals surface area contributed by atoms with Gasteiger partial charge in [0.15, 0.2) is 11.8 Å². The Morgan fingerprint density at radius 2 is 1.81 bits per heavy atom. The van der Waals surface area contributed by atoms with Crippen LogP contribution in [0.15, 0.2) is 48.5 Å². The molecule has 1 saturated heterocycles. The predicted octanol–water partition coefficient (Wildman–Crippen LogP) is 4.06. The van der Waals surface area contributed by atoms with Gasteiger partial charge in [-0.3, -0.25) is 9.80 Å². The summed E-state index contributed by atoms with van der Waals surface area (Å²) >= 11 is 12.9. The fourth-order valence-corrected chi connectivity index (χ4v) is 3.94. The molecule has 0 amide bonds. The van der Waals surface area contributed by atoms with Gasteiger partial charge in [0.1, 0.15) is 0 Å². The highest BCUT2D eigenvalue weighted by Crippen LogP contribution is 2.35. The molecule has 0 radical (unpaired) electrons. The minimum atomic E-state index is -1.28. The standard InChI is InChI=1S/C18H17Br2ClN2O3/c1-10-2-8-13(9-3-10)23-16(18(25)26-22-23)17(24)15(20)14(19)11-4-6-12(21)7-5-11/h2-9,14-16,18,22,25H,1H3. The third-order valence-electron chi connectivity index (χ3n) is 4.14. The van der Waals surface area contributed by atoms with E-state index in [0.717, 1.165) is 16.8 Å². The first kappa shape index (κ1) is 19.8. The van der Waals surface area contributed by atoms with Gasteiger partial charge < -0.3 is 5.11 Å². The zero-order valence-electron chi connectivity index (χ0n) is 13.8. The highest BCUT2D eigenvalue weighted by atomic mass is 79.9. The number of Topliss-reactive ketones (excluding diaryl/α,β-unsaturated/α-hetero) is 1. The molecule has 3 rings (SSSR count). The first-order valence-electron chi connectivity index (χ1n) is 7.91. The molecular formula is C18H17Br2ClN2O3. The van der Waals surface area contributed by atoms with Gasteiger partial charge >= 0.3 is 0 Å². The molecule has 0 aromatic heterocycles. The molecule has 138 valence electrons. The summed E-state index contributed by atoms with van der Waals surface area (Å²) in [6.07, 6.45) is -1.28. The number of carbonyl (C=O) groups is 1. The molecule has 1 aliphatic heterocycles. The molecule has 0 spiro atoms. The molecule has 1 aliphatic rings. The maximum absolute atomic E-state index is 13.1. The molecule has 26 heavy (non-hydrogen) atoms. The van der Waals surface area contributed by atoms with E-state index in [1.165, 1.54) is 5.01 Å². The molecule has 0 aliphatic carbocycles. The van der Waals surface area contributed by atoms with Crippen molar-refractivity contribution >= 4 is 54.9 Å². The maximum atomic E-state index is 13.1. The van der Waals surface area contributed by atoms with E-state index in [0.29, 0.717) is 5.02 Å². The zero-order valence-corrected chi connectivity index (χ0v) is 17.7. The lowest BCUT2D eigenvalue weighted by Gasteiger charge is -2.27. The Hall–Kier alpha value is -0.960. The van der Waals surface area contributed by atoms with Gasteiger partial charge in [-0.25, -0.2) is 4.84 Å². The van der Waals surface area contributed by atoms with E-state index in [4.69, 9.17) is 16.4 Å².